The average molecular weight is 727 g/mol. The van der Waals surface area contributed by atoms with Crippen molar-refractivity contribution < 1.29 is 37.7 Å². The molecule has 0 amide bonds. The van der Waals surface area contributed by atoms with Gasteiger partial charge < -0.3 is 28.1 Å². The number of carbonyl (C=O) groups is 2. The highest BCUT2D eigenvalue weighted by molar-refractivity contribution is 6.99. The number of hydrogen-bond acceptors (Lipinski definition) is 8. The smallest absolute Gasteiger partial charge is 0.341 e. The van der Waals surface area contributed by atoms with E-state index in [1.54, 1.807) is 12.1 Å². The zero-order chi connectivity index (χ0) is 37.1. The van der Waals surface area contributed by atoms with Gasteiger partial charge in [-0.2, -0.15) is 0 Å². The van der Waals surface area contributed by atoms with Crippen LogP contribution < -0.4 is 29.3 Å². The lowest BCUT2D eigenvalue weighted by atomic mass is 9.87. The number of ether oxygens (including phenoxy) is 5. The Kier molecular flexibility index (Phi) is 11.1. The number of methoxy groups -OCH3 is 5. The third kappa shape index (κ3) is 6.46. The quantitative estimate of drug-likeness (QED) is 0.0723. The predicted molar refractivity (Wildman–Crippen MR) is 204 cm³/mol. The average Bonchev–Trinajstić information content (AvgIpc) is 3.13. The highest BCUT2D eigenvalue weighted by atomic mass is 35.5. The molecule has 0 aromatic heterocycles. The van der Waals surface area contributed by atoms with Crippen molar-refractivity contribution in [3.05, 3.63) is 106 Å². The molecule has 266 valence electrons. The number of aryl methyl sites for hydroxylation is 1. The molecule has 10 heteroatoms. The fourth-order valence-electron chi connectivity index (χ4n) is 7.16. The van der Waals surface area contributed by atoms with E-state index < -0.39 is 14.3 Å². The molecule has 0 heterocycles. The van der Waals surface area contributed by atoms with Crippen LogP contribution in [0.1, 0.15) is 52.6 Å². The second-order valence-electron chi connectivity index (χ2n) is 13.1. The number of benzene rings is 5. The fourth-order valence-corrected chi connectivity index (χ4v) is 12.0. The Labute approximate surface area is 305 Å². The minimum Gasteiger partial charge on any atom is -0.496 e. The monoisotopic (exact) mass is 726 g/mol. The van der Waals surface area contributed by atoms with Gasteiger partial charge >= 0.3 is 5.97 Å². The SMILES string of the molecule is COC(=O)c1c(C)cc(CO[Si](c2ccccc2)(c2ccccc2)C(C)(C)C)c(-c2c(C=O)cc3c(OC)c(Cl)cc(OC)c3c2OC)c1OC. The Morgan fingerprint density at radius 1 is 0.765 bits per heavy atom. The van der Waals surface area contributed by atoms with Gasteiger partial charge in [0.25, 0.3) is 8.32 Å². The summed E-state index contributed by atoms with van der Waals surface area (Å²) in [5, 5.41) is 3.21. The molecule has 0 unspecified atom stereocenters. The lowest BCUT2D eigenvalue weighted by molar-refractivity contribution is 0.0596. The predicted octanol–water partition coefficient (Wildman–Crippen LogP) is 8.18. The van der Waals surface area contributed by atoms with E-state index in [0.29, 0.717) is 55.3 Å². The number of halogens is 1. The van der Waals surface area contributed by atoms with E-state index in [1.807, 2.05) is 49.4 Å². The Morgan fingerprint density at radius 2 is 1.33 bits per heavy atom. The Morgan fingerprint density at radius 3 is 1.80 bits per heavy atom. The van der Waals surface area contributed by atoms with E-state index in [0.717, 1.165) is 16.7 Å². The van der Waals surface area contributed by atoms with Gasteiger partial charge in [0.1, 0.15) is 28.6 Å². The molecule has 8 nitrogen and oxygen atoms in total. The van der Waals surface area contributed by atoms with Crippen molar-refractivity contribution >= 4 is 53.3 Å². The normalized spacial score (nSPS) is 11.6. The zero-order valence-corrected chi connectivity index (χ0v) is 32.2. The van der Waals surface area contributed by atoms with Crippen molar-refractivity contribution in [3.8, 4) is 34.1 Å². The summed E-state index contributed by atoms with van der Waals surface area (Å²) in [4.78, 5) is 26.5. The summed E-state index contributed by atoms with van der Waals surface area (Å²) in [5.74, 6) is 0.663. The van der Waals surface area contributed by atoms with E-state index >= 15 is 0 Å². The van der Waals surface area contributed by atoms with Gasteiger partial charge in [-0.1, -0.05) is 99.1 Å². The molecule has 0 N–H and O–H groups in total. The largest absolute Gasteiger partial charge is 0.496 e. The van der Waals surface area contributed by atoms with E-state index in [-0.39, 0.29) is 28.5 Å². The Balaban J connectivity index is 1.92. The first-order chi connectivity index (χ1) is 24.4. The summed E-state index contributed by atoms with van der Waals surface area (Å²) >= 11 is 6.60. The van der Waals surface area contributed by atoms with Crippen molar-refractivity contribution in [1.82, 2.24) is 0 Å². The topological polar surface area (TPSA) is 89.5 Å². The lowest BCUT2D eigenvalue weighted by Gasteiger charge is -2.43. The molecular weight excluding hydrogens is 684 g/mol. The van der Waals surface area contributed by atoms with Crippen LogP contribution in [0.4, 0.5) is 0 Å². The summed E-state index contributed by atoms with van der Waals surface area (Å²) < 4.78 is 36.3. The van der Waals surface area contributed by atoms with E-state index in [9.17, 15) is 9.59 Å². The summed E-state index contributed by atoms with van der Waals surface area (Å²) in [6, 6.07) is 25.8. The van der Waals surface area contributed by atoms with Gasteiger partial charge in [-0.15, -0.1) is 0 Å². The maximum atomic E-state index is 13.4. The van der Waals surface area contributed by atoms with Gasteiger partial charge in [0, 0.05) is 28.1 Å². The molecule has 0 radical (unpaired) electrons. The summed E-state index contributed by atoms with van der Waals surface area (Å²) in [6.45, 7) is 8.52. The van der Waals surface area contributed by atoms with Crippen molar-refractivity contribution in [1.29, 1.82) is 0 Å². The van der Waals surface area contributed by atoms with Crippen LogP contribution >= 0.6 is 11.6 Å². The van der Waals surface area contributed by atoms with Crippen LogP contribution in [0.15, 0.2) is 78.9 Å². The lowest BCUT2D eigenvalue weighted by Crippen LogP contribution is -2.66. The van der Waals surface area contributed by atoms with Crippen LogP contribution in [-0.4, -0.2) is 56.1 Å². The van der Waals surface area contributed by atoms with Crippen LogP contribution in [0.2, 0.25) is 10.1 Å². The number of esters is 1. The first-order valence-corrected chi connectivity index (χ1v) is 18.7. The highest BCUT2D eigenvalue weighted by Crippen LogP contribution is 2.52. The first kappa shape index (κ1) is 37.4. The molecule has 51 heavy (non-hydrogen) atoms. The Hall–Kier alpha value is -4.83. The van der Waals surface area contributed by atoms with Crippen molar-refractivity contribution in [2.45, 2.75) is 39.3 Å². The molecule has 0 bridgehead atoms. The van der Waals surface area contributed by atoms with Gasteiger partial charge in [0.15, 0.2) is 6.29 Å². The van der Waals surface area contributed by atoms with Gasteiger partial charge in [-0.25, -0.2) is 4.79 Å². The van der Waals surface area contributed by atoms with Crippen molar-refractivity contribution in [2.24, 2.45) is 0 Å². The molecule has 5 aromatic carbocycles. The summed E-state index contributed by atoms with van der Waals surface area (Å²) in [6.07, 6.45) is 0.730. The van der Waals surface area contributed by atoms with Gasteiger partial charge in [-0.05, 0) is 39.5 Å². The fraction of sp³-hybridized carbons (Fsp3) is 0.268. The van der Waals surface area contributed by atoms with Gasteiger partial charge in [-0.3, -0.25) is 4.79 Å². The van der Waals surface area contributed by atoms with E-state index in [1.165, 1.54) is 35.5 Å². The van der Waals surface area contributed by atoms with E-state index in [4.69, 9.17) is 39.7 Å². The molecular formula is C41H43ClO8Si. The second-order valence-corrected chi connectivity index (χ2v) is 17.8. The molecule has 0 spiro atoms. The Bertz CT molecular complexity index is 2030. The molecule has 0 saturated heterocycles. The molecule has 0 saturated carbocycles. The van der Waals surface area contributed by atoms with Crippen LogP contribution in [0.5, 0.6) is 23.0 Å². The molecule has 0 fully saturated rings. The number of fused-ring (bicyclic) bond motifs is 1. The van der Waals surface area contributed by atoms with Crippen LogP contribution in [0.25, 0.3) is 21.9 Å². The molecule has 5 rings (SSSR count). The molecule has 0 aliphatic rings. The third-order valence-corrected chi connectivity index (χ3v) is 14.6. The van der Waals surface area contributed by atoms with Gasteiger partial charge in [0.05, 0.1) is 52.6 Å². The number of aldehydes is 1. The van der Waals surface area contributed by atoms with Crippen LogP contribution in [0, 0.1) is 6.92 Å². The summed E-state index contributed by atoms with van der Waals surface area (Å²) in [5.41, 5.74) is 2.56. The minimum absolute atomic E-state index is 0.0990. The van der Waals surface area contributed by atoms with Gasteiger partial charge in [0.2, 0.25) is 0 Å². The van der Waals surface area contributed by atoms with Crippen LogP contribution in [0.3, 0.4) is 0 Å². The maximum absolute atomic E-state index is 13.4. The molecule has 0 aliphatic carbocycles. The molecule has 5 aromatic rings. The maximum Gasteiger partial charge on any atom is 0.341 e. The highest BCUT2D eigenvalue weighted by Gasteiger charge is 2.50. The third-order valence-electron chi connectivity index (χ3n) is 9.30. The first-order valence-electron chi connectivity index (χ1n) is 16.4. The summed E-state index contributed by atoms with van der Waals surface area (Å²) in [7, 11) is 4.28. The van der Waals surface area contributed by atoms with Crippen molar-refractivity contribution in [3.63, 3.8) is 0 Å². The van der Waals surface area contributed by atoms with E-state index in [2.05, 4.69) is 45.0 Å². The molecule has 0 aliphatic heterocycles. The minimum atomic E-state index is -3.05. The molecule has 0 atom stereocenters. The number of carbonyl (C=O) groups excluding carboxylic acids is 2. The standard InChI is InChI=1S/C41H43ClO8Si/c1-25-20-27(24-50-51(41(2,3)4,28-16-12-10-13-17-28)29-18-14-11-15-19-29)35(38(47-7)33(25)40(44)49-9)34-26(23-43)21-30-36(39(34)48-8)32(45-5)22-31(42)37(30)46-6/h10-23H,24H2,1-9H3. The second kappa shape index (κ2) is 15.2. The van der Waals surface area contributed by atoms with Crippen LogP contribution in [-0.2, 0) is 15.8 Å². The number of rotatable bonds is 12. The number of hydrogen-bond donors (Lipinski definition) is 0. The zero-order valence-electron chi connectivity index (χ0n) is 30.4. The van der Waals surface area contributed by atoms with Crippen molar-refractivity contribution in [2.75, 3.05) is 35.5 Å².